The highest BCUT2D eigenvalue weighted by molar-refractivity contribution is 5.60. The van der Waals surface area contributed by atoms with Crippen LogP contribution in [0.5, 0.6) is 0 Å². The van der Waals surface area contributed by atoms with Gasteiger partial charge in [0, 0.05) is 31.3 Å². The van der Waals surface area contributed by atoms with Gasteiger partial charge in [0.2, 0.25) is 0 Å². The molecule has 1 aliphatic heterocycles. The molecule has 1 N–H and O–H groups in total. The molecule has 1 unspecified atom stereocenters. The van der Waals surface area contributed by atoms with Crippen LogP contribution in [-0.2, 0) is 0 Å². The van der Waals surface area contributed by atoms with Gasteiger partial charge in [-0.2, -0.15) is 0 Å². The van der Waals surface area contributed by atoms with Gasteiger partial charge >= 0.3 is 0 Å². The molecule has 0 saturated heterocycles. The van der Waals surface area contributed by atoms with Gasteiger partial charge in [0.25, 0.3) is 0 Å². The van der Waals surface area contributed by atoms with E-state index in [0.717, 1.165) is 24.3 Å². The van der Waals surface area contributed by atoms with Gasteiger partial charge in [0.15, 0.2) is 0 Å². The fraction of sp³-hybridized carbons (Fsp3) is 0.500. The Morgan fingerprint density at radius 3 is 3.00 bits per heavy atom. The zero-order chi connectivity index (χ0) is 10.8. The molecule has 0 saturated carbocycles. The predicted octanol–water partition coefficient (Wildman–Crippen LogP) is 2.13. The Bertz CT molecular complexity index is 353. The third-order valence-corrected chi connectivity index (χ3v) is 3.07. The van der Waals surface area contributed by atoms with E-state index in [2.05, 4.69) is 11.8 Å². The molecule has 82 valence electrons. The van der Waals surface area contributed by atoms with Crippen LogP contribution >= 0.6 is 0 Å². The summed E-state index contributed by atoms with van der Waals surface area (Å²) in [5, 5.41) is 8.97. The minimum absolute atomic E-state index is 0.165. The molecule has 1 aromatic rings. The number of rotatable bonds is 3. The van der Waals surface area contributed by atoms with Crippen molar-refractivity contribution in [2.75, 3.05) is 24.6 Å². The molecule has 2 nitrogen and oxygen atoms in total. The molecular formula is C12H16FNO. The van der Waals surface area contributed by atoms with Crippen LogP contribution in [0.1, 0.15) is 24.8 Å². The highest BCUT2D eigenvalue weighted by atomic mass is 19.1. The molecule has 1 aliphatic rings. The molecule has 0 aliphatic carbocycles. The molecule has 0 bridgehead atoms. The molecule has 15 heavy (non-hydrogen) atoms. The van der Waals surface area contributed by atoms with Gasteiger partial charge in [-0.25, -0.2) is 4.39 Å². The average molecular weight is 209 g/mol. The summed E-state index contributed by atoms with van der Waals surface area (Å²) in [6, 6.07) is 4.94. The van der Waals surface area contributed by atoms with Gasteiger partial charge in [-0.15, -0.1) is 0 Å². The van der Waals surface area contributed by atoms with E-state index in [4.69, 9.17) is 5.11 Å². The van der Waals surface area contributed by atoms with Crippen molar-refractivity contribution in [3.05, 3.63) is 29.6 Å². The lowest BCUT2D eigenvalue weighted by Gasteiger charge is -2.16. The van der Waals surface area contributed by atoms with E-state index in [1.165, 1.54) is 6.07 Å². The number of hydrogen-bond donors (Lipinski definition) is 1. The summed E-state index contributed by atoms with van der Waals surface area (Å²) in [6.07, 6.45) is 0.715. The predicted molar refractivity (Wildman–Crippen MR) is 58.7 cm³/mol. The van der Waals surface area contributed by atoms with Crippen molar-refractivity contribution in [2.45, 2.75) is 19.3 Å². The Hall–Kier alpha value is -1.09. The standard InChI is InChI=1S/C12H16FNO/c1-2-14-8-9(5-6-15)11-7-10(13)3-4-12(11)14/h3-4,7,9,15H,2,5-6,8H2,1H3. The van der Waals surface area contributed by atoms with Crippen LogP contribution in [0, 0.1) is 5.82 Å². The minimum Gasteiger partial charge on any atom is -0.396 e. The molecule has 0 aromatic heterocycles. The minimum atomic E-state index is -0.186. The van der Waals surface area contributed by atoms with Gasteiger partial charge in [-0.3, -0.25) is 0 Å². The third kappa shape index (κ3) is 1.84. The van der Waals surface area contributed by atoms with Crippen molar-refractivity contribution in [2.24, 2.45) is 0 Å². The summed E-state index contributed by atoms with van der Waals surface area (Å²) in [7, 11) is 0. The van der Waals surface area contributed by atoms with Gasteiger partial charge in [-0.05, 0) is 37.1 Å². The largest absolute Gasteiger partial charge is 0.396 e. The van der Waals surface area contributed by atoms with Crippen LogP contribution in [0.4, 0.5) is 10.1 Å². The first-order chi connectivity index (χ1) is 7.26. The number of benzene rings is 1. The number of halogens is 1. The lowest BCUT2D eigenvalue weighted by atomic mass is 9.98. The Morgan fingerprint density at radius 2 is 2.33 bits per heavy atom. The fourth-order valence-corrected chi connectivity index (χ4v) is 2.31. The molecule has 1 atom stereocenters. The molecule has 1 heterocycles. The monoisotopic (exact) mass is 209 g/mol. The van der Waals surface area contributed by atoms with E-state index in [0.29, 0.717) is 6.42 Å². The molecule has 0 fully saturated rings. The summed E-state index contributed by atoms with van der Waals surface area (Å²) in [5.41, 5.74) is 2.17. The molecule has 1 aromatic carbocycles. The number of likely N-dealkylation sites (N-methyl/N-ethyl adjacent to an activating group) is 1. The number of anilines is 1. The van der Waals surface area contributed by atoms with E-state index in [1.54, 1.807) is 6.07 Å². The Morgan fingerprint density at radius 1 is 1.53 bits per heavy atom. The summed E-state index contributed by atoms with van der Waals surface area (Å²) in [4.78, 5) is 2.23. The normalized spacial score (nSPS) is 19.4. The van der Waals surface area contributed by atoms with Crippen LogP contribution in [0.3, 0.4) is 0 Å². The fourth-order valence-electron chi connectivity index (χ4n) is 2.31. The Kier molecular flexibility index (Phi) is 2.91. The summed E-state index contributed by atoms with van der Waals surface area (Å²) < 4.78 is 13.1. The number of hydrogen-bond acceptors (Lipinski definition) is 2. The number of aliphatic hydroxyl groups is 1. The second kappa shape index (κ2) is 4.19. The van der Waals surface area contributed by atoms with E-state index in [-0.39, 0.29) is 18.3 Å². The molecular weight excluding hydrogens is 193 g/mol. The van der Waals surface area contributed by atoms with Crippen molar-refractivity contribution >= 4 is 5.69 Å². The van der Waals surface area contributed by atoms with E-state index >= 15 is 0 Å². The van der Waals surface area contributed by atoms with Crippen molar-refractivity contribution in [1.29, 1.82) is 0 Å². The first-order valence-corrected chi connectivity index (χ1v) is 5.41. The number of fused-ring (bicyclic) bond motifs is 1. The lowest BCUT2D eigenvalue weighted by Crippen LogP contribution is -2.21. The van der Waals surface area contributed by atoms with Crippen LogP contribution in [0.25, 0.3) is 0 Å². The Labute approximate surface area is 89.3 Å². The zero-order valence-corrected chi connectivity index (χ0v) is 8.91. The summed E-state index contributed by atoms with van der Waals surface area (Å²) >= 11 is 0. The van der Waals surface area contributed by atoms with Crippen LogP contribution in [0.15, 0.2) is 18.2 Å². The van der Waals surface area contributed by atoms with Crippen molar-refractivity contribution in [1.82, 2.24) is 0 Å². The molecule has 0 amide bonds. The van der Waals surface area contributed by atoms with Crippen molar-refractivity contribution < 1.29 is 9.50 Å². The van der Waals surface area contributed by atoms with Gasteiger partial charge < -0.3 is 10.0 Å². The van der Waals surface area contributed by atoms with Crippen LogP contribution < -0.4 is 4.90 Å². The van der Waals surface area contributed by atoms with Gasteiger partial charge in [-0.1, -0.05) is 0 Å². The topological polar surface area (TPSA) is 23.5 Å². The SMILES string of the molecule is CCN1CC(CCO)c2cc(F)ccc21. The number of aliphatic hydroxyl groups excluding tert-OH is 1. The second-order valence-electron chi connectivity index (χ2n) is 3.95. The van der Waals surface area contributed by atoms with Gasteiger partial charge in [0.1, 0.15) is 5.82 Å². The first-order valence-electron chi connectivity index (χ1n) is 5.41. The Balaban J connectivity index is 2.34. The van der Waals surface area contributed by atoms with Crippen LogP contribution in [0.2, 0.25) is 0 Å². The van der Waals surface area contributed by atoms with Crippen molar-refractivity contribution in [3.63, 3.8) is 0 Å². The molecule has 0 spiro atoms. The highest BCUT2D eigenvalue weighted by Gasteiger charge is 2.27. The maximum atomic E-state index is 13.1. The molecule has 0 radical (unpaired) electrons. The van der Waals surface area contributed by atoms with Crippen molar-refractivity contribution in [3.8, 4) is 0 Å². The first kappa shape index (κ1) is 10.4. The second-order valence-corrected chi connectivity index (χ2v) is 3.95. The molecule has 3 heteroatoms. The third-order valence-electron chi connectivity index (χ3n) is 3.07. The van der Waals surface area contributed by atoms with E-state index in [9.17, 15) is 4.39 Å². The average Bonchev–Trinajstić information content (AvgIpc) is 2.57. The summed E-state index contributed by atoms with van der Waals surface area (Å²) in [5.74, 6) is 0.0929. The lowest BCUT2D eigenvalue weighted by molar-refractivity contribution is 0.277. The quantitative estimate of drug-likeness (QED) is 0.824. The maximum absolute atomic E-state index is 13.1. The highest BCUT2D eigenvalue weighted by Crippen LogP contribution is 2.37. The molecule has 2 rings (SSSR count). The van der Waals surface area contributed by atoms with Crippen LogP contribution in [-0.4, -0.2) is 24.8 Å². The van der Waals surface area contributed by atoms with E-state index in [1.807, 2.05) is 6.07 Å². The number of nitrogens with zero attached hydrogens (tertiary/aromatic N) is 1. The maximum Gasteiger partial charge on any atom is 0.123 e. The summed E-state index contributed by atoms with van der Waals surface area (Å²) in [6.45, 7) is 4.09. The smallest absolute Gasteiger partial charge is 0.123 e. The van der Waals surface area contributed by atoms with E-state index < -0.39 is 0 Å². The van der Waals surface area contributed by atoms with Gasteiger partial charge in [0.05, 0.1) is 0 Å². The zero-order valence-electron chi connectivity index (χ0n) is 8.91.